The SMILES string of the molecule is COC(=O)CCCNC(=O)c1cccc(CS(C)=O)c1. The number of carbonyl (C=O) groups is 2. The zero-order valence-electron chi connectivity index (χ0n) is 11.7. The van der Waals surface area contributed by atoms with Gasteiger partial charge >= 0.3 is 5.97 Å². The molecule has 5 nitrogen and oxygen atoms in total. The van der Waals surface area contributed by atoms with Crippen molar-refractivity contribution >= 4 is 22.7 Å². The number of hydrogen-bond donors (Lipinski definition) is 1. The molecule has 1 unspecified atom stereocenters. The van der Waals surface area contributed by atoms with Crippen LogP contribution in [0.25, 0.3) is 0 Å². The predicted molar refractivity (Wildman–Crippen MR) is 77.8 cm³/mol. The summed E-state index contributed by atoms with van der Waals surface area (Å²) in [5.74, 6) is -0.0472. The summed E-state index contributed by atoms with van der Waals surface area (Å²) in [4.78, 5) is 22.8. The number of nitrogens with one attached hydrogen (secondary N) is 1. The Morgan fingerprint density at radius 1 is 1.35 bits per heavy atom. The molecule has 1 rings (SSSR count). The zero-order valence-corrected chi connectivity index (χ0v) is 12.5. The van der Waals surface area contributed by atoms with Crippen molar-refractivity contribution in [3.05, 3.63) is 35.4 Å². The molecule has 0 radical (unpaired) electrons. The van der Waals surface area contributed by atoms with Crippen molar-refractivity contribution in [1.29, 1.82) is 0 Å². The van der Waals surface area contributed by atoms with E-state index in [0.717, 1.165) is 5.56 Å². The van der Waals surface area contributed by atoms with Crippen LogP contribution in [0.15, 0.2) is 24.3 Å². The molecule has 0 aliphatic carbocycles. The Labute approximate surface area is 121 Å². The van der Waals surface area contributed by atoms with Crippen molar-refractivity contribution in [2.45, 2.75) is 18.6 Å². The molecule has 1 N–H and O–H groups in total. The van der Waals surface area contributed by atoms with Crippen LogP contribution in [0.1, 0.15) is 28.8 Å². The summed E-state index contributed by atoms with van der Waals surface area (Å²) < 4.78 is 15.7. The summed E-state index contributed by atoms with van der Waals surface area (Å²) in [5.41, 5.74) is 1.40. The average molecular weight is 297 g/mol. The first-order chi connectivity index (χ1) is 9.52. The fourth-order valence-electron chi connectivity index (χ4n) is 1.68. The molecule has 0 aliphatic heterocycles. The van der Waals surface area contributed by atoms with E-state index in [4.69, 9.17) is 0 Å². The van der Waals surface area contributed by atoms with E-state index >= 15 is 0 Å². The fraction of sp³-hybridized carbons (Fsp3) is 0.429. The predicted octanol–water partition coefficient (Wildman–Crippen LogP) is 1.25. The lowest BCUT2D eigenvalue weighted by atomic mass is 10.1. The van der Waals surface area contributed by atoms with Crippen LogP contribution in [0.5, 0.6) is 0 Å². The van der Waals surface area contributed by atoms with Gasteiger partial charge in [0.25, 0.3) is 5.91 Å². The summed E-state index contributed by atoms with van der Waals surface area (Å²) >= 11 is 0. The molecule has 1 amide bonds. The summed E-state index contributed by atoms with van der Waals surface area (Å²) in [6, 6.07) is 7.05. The van der Waals surface area contributed by atoms with Crippen molar-refractivity contribution in [3.63, 3.8) is 0 Å². The van der Waals surface area contributed by atoms with Gasteiger partial charge in [-0.1, -0.05) is 12.1 Å². The fourth-order valence-corrected chi connectivity index (χ4v) is 2.32. The van der Waals surface area contributed by atoms with Gasteiger partial charge in [-0.05, 0) is 24.1 Å². The third-order valence-corrected chi connectivity index (χ3v) is 3.37. The van der Waals surface area contributed by atoms with Crippen molar-refractivity contribution in [1.82, 2.24) is 5.32 Å². The number of methoxy groups -OCH3 is 1. The zero-order chi connectivity index (χ0) is 15.0. The first kappa shape index (κ1) is 16.4. The first-order valence-electron chi connectivity index (χ1n) is 6.27. The lowest BCUT2D eigenvalue weighted by Gasteiger charge is -2.06. The minimum Gasteiger partial charge on any atom is -0.469 e. The molecule has 6 heteroatoms. The van der Waals surface area contributed by atoms with Gasteiger partial charge in [0.05, 0.1) is 7.11 Å². The number of rotatable bonds is 7. The molecular weight excluding hydrogens is 278 g/mol. The highest BCUT2D eigenvalue weighted by Crippen LogP contribution is 2.07. The van der Waals surface area contributed by atoms with Crippen LogP contribution in [-0.4, -0.2) is 36.0 Å². The van der Waals surface area contributed by atoms with E-state index in [-0.39, 0.29) is 18.3 Å². The Morgan fingerprint density at radius 2 is 2.10 bits per heavy atom. The minimum absolute atomic E-state index is 0.196. The molecule has 1 aromatic rings. The third-order valence-electron chi connectivity index (χ3n) is 2.63. The van der Waals surface area contributed by atoms with E-state index in [2.05, 4.69) is 10.1 Å². The van der Waals surface area contributed by atoms with Crippen molar-refractivity contribution in [2.75, 3.05) is 19.9 Å². The Balaban J connectivity index is 2.47. The Bertz CT molecular complexity index is 502. The second kappa shape index (κ2) is 8.47. The van der Waals surface area contributed by atoms with Gasteiger partial charge in [-0.15, -0.1) is 0 Å². The molecular formula is C14H19NO4S. The lowest BCUT2D eigenvalue weighted by Crippen LogP contribution is -2.25. The highest BCUT2D eigenvalue weighted by atomic mass is 32.2. The maximum absolute atomic E-state index is 11.9. The average Bonchev–Trinajstić information content (AvgIpc) is 2.42. The van der Waals surface area contributed by atoms with Gasteiger partial charge < -0.3 is 10.1 Å². The Hall–Kier alpha value is -1.69. The van der Waals surface area contributed by atoms with Gasteiger partial charge in [0.15, 0.2) is 0 Å². The smallest absolute Gasteiger partial charge is 0.305 e. The molecule has 1 atom stereocenters. The number of benzene rings is 1. The van der Waals surface area contributed by atoms with Crippen LogP contribution in [0, 0.1) is 0 Å². The van der Waals surface area contributed by atoms with Crippen LogP contribution >= 0.6 is 0 Å². The number of esters is 1. The molecule has 20 heavy (non-hydrogen) atoms. The molecule has 0 spiro atoms. The van der Waals surface area contributed by atoms with E-state index < -0.39 is 10.8 Å². The van der Waals surface area contributed by atoms with Gasteiger partial charge in [-0.2, -0.15) is 0 Å². The van der Waals surface area contributed by atoms with Crippen molar-refractivity contribution in [2.24, 2.45) is 0 Å². The quantitative estimate of drug-likeness (QED) is 0.607. The highest BCUT2D eigenvalue weighted by Gasteiger charge is 2.07. The van der Waals surface area contributed by atoms with Crippen LogP contribution in [0.2, 0.25) is 0 Å². The van der Waals surface area contributed by atoms with Crippen LogP contribution in [0.4, 0.5) is 0 Å². The molecule has 0 bridgehead atoms. The van der Waals surface area contributed by atoms with Gasteiger partial charge in [-0.3, -0.25) is 13.8 Å². The third kappa shape index (κ3) is 5.97. The topological polar surface area (TPSA) is 72.5 Å². The molecule has 110 valence electrons. The second-order valence-corrected chi connectivity index (χ2v) is 5.79. The van der Waals surface area contributed by atoms with Gasteiger partial charge in [-0.25, -0.2) is 0 Å². The van der Waals surface area contributed by atoms with E-state index in [0.29, 0.717) is 24.3 Å². The normalized spacial score (nSPS) is 11.7. The highest BCUT2D eigenvalue weighted by molar-refractivity contribution is 7.83. The van der Waals surface area contributed by atoms with Gasteiger partial charge in [0.2, 0.25) is 0 Å². The molecule has 0 fully saturated rings. The van der Waals surface area contributed by atoms with E-state index in [1.165, 1.54) is 7.11 Å². The molecule has 0 aromatic heterocycles. The van der Waals surface area contributed by atoms with Gasteiger partial charge in [0.1, 0.15) is 0 Å². The van der Waals surface area contributed by atoms with E-state index in [1.807, 2.05) is 6.07 Å². The number of carbonyl (C=O) groups excluding carboxylic acids is 2. The van der Waals surface area contributed by atoms with Gasteiger partial charge in [0, 0.05) is 41.3 Å². The largest absolute Gasteiger partial charge is 0.469 e. The number of amides is 1. The molecule has 0 aliphatic rings. The van der Waals surface area contributed by atoms with Crippen LogP contribution in [0.3, 0.4) is 0 Å². The molecule has 1 aromatic carbocycles. The number of hydrogen-bond acceptors (Lipinski definition) is 4. The van der Waals surface area contributed by atoms with Crippen LogP contribution in [-0.2, 0) is 26.1 Å². The monoisotopic (exact) mass is 297 g/mol. The van der Waals surface area contributed by atoms with Crippen LogP contribution < -0.4 is 5.32 Å². The van der Waals surface area contributed by atoms with E-state index in [1.54, 1.807) is 24.5 Å². The van der Waals surface area contributed by atoms with E-state index in [9.17, 15) is 13.8 Å². The summed E-state index contributed by atoms with van der Waals surface area (Å²) in [6.07, 6.45) is 2.45. The maximum atomic E-state index is 11.9. The number of ether oxygens (including phenoxy) is 1. The minimum atomic E-state index is -0.934. The molecule has 0 saturated carbocycles. The summed E-state index contributed by atoms with van der Waals surface area (Å²) in [5, 5.41) is 2.74. The first-order valence-corrected chi connectivity index (χ1v) is 7.99. The standard InChI is InChI=1S/C14H19NO4S/c1-19-13(16)7-4-8-15-14(17)12-6-3-5-11(9-12)10-20(2)18/h3,5-6,9H,4,7-8,10H2,1-2H3,(H,15,17). The second-order valence-electron chi connectivity index (χ2n) is 4.35. The Kier molecular flexibility index (Phi) is 6.93. The molecule has 0 saturated heterocycles. The summed E-state index contributed by atoms with van der Waals surface area (Å²) in [6.45, 7) is 0.415. The molecule has 0 heterocycles. The summed E-state index contributed by atoms with van der Waals surface area (Å²) in [7, 11) is 0.403. The lowest BCUT2D eigenvalue weighted by molar-refractivity contribution is -0.140. The van der Waals surface area contributed by atoms with Crippen molar-refractivity contribution in [3.8, 4) is 0 Å². The Morgan fingerprint density at radius 3 is 2.75 bits per heavy atom. The van der Waals surface area contributed by atoms with Crippen molar-refractivity contribution < 1.29 is 18.5 Å². The maximum Gasteiger partial charge on any atom is 0.305 e.